The number of hydrogen-bond acceptors (Lipinski definition) is 3. The maximum atomic E-state index is 12.7. The highest BCUT2D eigenvalue weighted by Gasteiger charge is 2.42. The lowest BCUT2D eigenvalue weighted by Gasteiger charge is -2.20. The molecule has 8 heteroatoms. The van der Waals surface area contributed by atoms with Crippen LogP contribution in [0.4, 0.5) is 18.9 Å². The van der Waals surface area contributed by atoms with Crippen LogP contribution in [0.2, 0.25) is 0 Å². The van der Waals surface area contributed by atoms with Gasteiger partial charge in [-0.05, 0) is 30.7 Å². The summed E-state index contributed by atoms with van der Waals surface area (Å²) < 4.78 is 38.9. The van der Waals surface area contributed by atoms with E-state index < -0.39 is 24.5 Å². The molecule has 0 aliphatic heterocycles. The van der Waals surface area contributed by atoms with Gasteiger partial charge in [-0.15, -0.1) is 0 Å². The van der Waals surface area contributed by atoms with E-state index in [1.165, 1.54) is 0 Å². The summed E-state index contributed by atoms with van der Waals surface area (Å²) in [4.78, 5) is 0. The second-order valence-electron chi connectivity index (χ2n) is 3.96. The zero-order valence-corrected chi connectivity index (χ0v) is 11.6. The molecule has 0 heterocycles. The van der Waals surface area contributed by atoms with Crippen molar-refractivity contribution in [3.05, 3.63) is 28.2 Å². The number of benzene rings is 1. The maximum Gasteiger partial charge on any atom is 0.400 e. The van der Waals surface area contributed by atoms with E-state index in [9.17, 15) is 13.2 Å². The minimum absolute atomic E-state index is 0.498. The molecule has 0 fully saturated rings. The Morgan fingerprint density at radius 1 is 1.53 bits per heavy atom. The van der Waals surface area contributed by atoms with Gasteiger partial charge in [-0.3, -0.25) is 0 Å². The predicted molar refractivity (Wildman–Crippen MR) is 70.3 cm³/mol. The topological polar surface area (TPSA) is 70.6 Å². The van der Waals surface area contributed by atoms with E-state index in [4.69, 9.17) is 10.9 Å². The summed E-state index contributed by atoms with van der Waals surface area (Å²) in [6.45, 7) is 1.26. The van der Waals surface area contributed by atoms with Gasteiger partial charge in [0.05, 0.1) is 0 Å². The second kappa shape index (κ2) is 6.14. The van der Waals surface area contributed by atoms with Crippen LogP contribution in [-0.4, -0.2) is 23.8 Å². The lowest BCUT2D eigenvalue weighted by molar-refractivity contribution is -0.152. The number of nitrogens with one attached hydrogen (secondary N) is 1. The lowest BCUT2D eigenvalue weighted by Crippen LogP contribution is -2.40. The lowest BCUT2D eigenvalue weighted by atomic mass is 10.1. The van der Waals surface area contributed by atoms with Crippen molar-refractivity contribution in [3.8, 4) is 0 Å². The van der Waals surface area contributed by atoms with Crippen molar-refractivity contribution in [1.29, 1.82) is 0 Å². The van der Waals surface area contributed by atoms with Crippen molar-refractivity contribution >= 4 is 27.5 Å². The molecule has 0 aromatic heterocycles. The van der Waals surface area contributed by atoms with Crippen LogP contribution in [0.15, 0.2) is 27.8 Å². The van der Waals surface area contributed by atoms with Crippen LogP contribution in [0.25, 0.3) is 0 Å². The Morgan fingerprint density at radius 3 is 2.63 bits per heavy atom. The smallest absolute Gasteiger partial charge is 0.400 e. The highest BCUT2D eigenvalue weighted by atomic mass is 79.9. The molecule has 106 valence electrons. The van der Waals surface area contributed by atoms with Crippen molar-refractivity contribution in [2.45, 2.75) is 13.1 Å². The normalized spacial score (nSPS) is 14.3. The van der Waals surface area contributed by atoms with E-state index in [2.05, 4.69) is 26.4 Å². The molecule has 19 heavy (non-hydrogen) atoms. The number of alkyl halides is 3. The molecule has 0 saturated heterocycles. The number of oxime groups is 1. The number of halogens is 4. The highest BCUT2D eigenvalue weighted by molar-refractivity contribution is 9.10. The molecule has 4 N–H and O–H groups in total. The molecular weight excluding hydrogens is 327 g/mol. The molecule has 0 saturated carbocycles. The van der Waals surface area contributed by atoms with Crippen LogP contribution in [0.5, 0.6) is 0 Å². The molecule has 1 aromatic rings. The highest BCUT2D eigenvalue weighted by Crippen LogP contribution is 2.27. The van der Waals surface area contributed by atoms with Gasteiger partial charge in [0.15, 0.2) is 5.84 Å². The number of nitrogens with zero attached hydrogens (tertiary/aromatic N) is 1. The number of nitrogens with two attached hydrogens (primary N) is 1. The third kappa shape index (κ3) is 4.30. The first kappa shape index (κ1) is 15.6. The molecule has 1 unspecified atom stereocenters. The van der Waals surface area contributed by atoms with Crippen LogP contribution < -0.4 is 11.1 Å². The first-order valence-corrected chi connectivity index (χ1v) is 6.09. The molecule has 0 amide bonds. The van der Waals surface area contributed by atoms with Gasteiger partial charge < -0.3 is 16.3 Å². The van der Waals surface area contributed by atoms with Crippen molar-refractivity contribution in [3.63, 3.8) is 0 Å². The fourth-order valence-corrected chi connectivity index (χ4v) is 1.97. The standard InChI is InChI=1S/C11H13BrF3N3O/c1-6-4-7(12)2-3-9(6)17-5-8(10(16)18-19)11(13,14)15/h2-4,8,17,19H,5H2,1H3,(H2,16,18). The SMILES string of the molecule is Cc1cc(Br)ccc1NCC(/C(N)=N/O)C(F)(F)F. The van der Waals surface area contributed by atoms with Crippen molar-refractivity contribution < 1.29 is 18.4 Å². The molecule has 0 bridgehead atoms. The Hall–Kier alpha value is -1.44. The van der Waals surface area contributed by atoms with E-state index in [-0.39, 0.29) is 0 Å². The van der Waals surface area contributed by atoms with E-state index in [1.54, 1.807) is 25.1 Å². The third-order valence-electron chi connectivity index (χ3n) is 2.55. The first-order valence-electron chi connectivity index (χ1n) is 5.30. The van der Waals surface area contributed by atoms with Gasteiger partial charge in [-0.25, -0.2) is 0 Å². The molecular formula is C11H13BrF3N3O. The molecule has 1 aromatic carbocycles. The molecule has 0 radical (unpaired) electrons. The summed E-state index contributed by atoms with van der Waals surface area (Å²) in [5.41, 5.74) is 6.41. The predicted octanol–water partition coefficient (Wildman–Crippen LogP) is 3.09. The van der Waals surface area contributed by atoms with Gasteiger partial charge in [-0.2, -0.15) is 13.2 Å². The van der Waals surface area contributed by atoms with Crippen LogP contribution >= 0.6 is 15.9 Å². The monoisotopic (exact) mass is 339 g/mol. The van der Waals surface area contributed by atoms with Gasteiger partial charge in [0, 0.05) is 16.7 Å². The Balaban J connectivity index is 2.82. The van der Waals surface area contributed by atoms with Crippen LogP contribution in [0.1, 0.15) is 5.56 Å². The van der Waals surface area contributed by atoms with Crippen LogP contribution in [-0.2, 0) is 0 Å². The average molecular weight is 340 g/mol. The quantitative estimate of drug-likeness (QED) is 0.341. The molecule has 1 rings (SSSR count). The van der Waals surface area contributed by atoms with Crippen molar-refractivity contribution in [2.75, 3.05) is 11.9 Å². The van der Waals surface area contributed by atoms with Crippen molar-refractivity contribution in [2.24, 2.45) is 16.8 Å². The number of amidine groups is 1. The average Bonchev–Trinajstić information content (AvgIpc) is 2.29. The maximum absolute atomic E-state index is 12.7. The van der Waals surface area contributed by atoms with Crippen LogP contribution in [0.3, 0.4) is 0 Å². The van der Waals surface area contributed by atoms with E-state index in [0.717, 1.165) is 10.0 Å². The third-order valence-corrected chi connectivity index (χ3v) is 3.05. The minimum atomic E-state index is -4.58. The Labute approximate surface area is 116 Å². The number of rotatable bonds is 4. The summed E-state index contributed by atoms with van der Waals surface area (Å²) in [6.07, 6.45) is -4.58. The van der Waals surface area contributed by atoms with Crippen LogP contribution in [0, 0.1) is 12.8 Å². The van der Waals surface area contributed by atoms with Gasteiger partial charge >= 0.3 is 6.18 Å². The first-order chi connectivity index (χ1) is 8.75. The largest absolute Gasteiger partial charge is 0.409 e. The molecule has 1 atom stereocenters. The molecule has 0 spiro atoms. The minimum Gasteiger partial charge on any atom is -0.409 e. The molecule has 0 aliphatic carbocycles. The summed E-state index contributed by atoms with van der Waals surface area (Å²) in [5, 5.41) is 13.5. The van der Waals surface area contributed by atoms with Gasteiger partial charge in [0.1, 0.15) is 5.92 Å². The summed E-state index contributed by atoms with van der Waals surface area (Å²) >= 11 is 3.26. The Morgan fingerprint density at radius 2 is 2.16 bits per heavy atom. The summed E-state index contributed by atoms with van der Waals surface area (Å²) in [7, 11) is 0. The fraction of sp³-hybridized carbons (Fsp3) is 0.364. The van der Waals surface area contributed by atoms with Crippen molar-refractivity contribution in [1.82, 2.24) is 0 Å². The Kier molecular flexibility index (Phi) is 5.04. The number of anilines is 1. The summed E-state index contributed by atoms with van der Waals surface area (Å²) in [5.74, 6) is -2.91. The molecule has 4 nitrogen and oxygen atoms in total. The fourth-order valence-electron chi connectivity index (χ4n) is 1.50. The van der Waals surface area contributed by atoms with E-state index in [0.29, 0.717) is 5.69 Å². The van der Waals surface area contributed by atoms with Gasteiger partial charge in [0.25, 0.3) is 0 Å². The summed E-state index contributed by atoms with van der Waals surface area (Å²) in [6, 6.07) is 5.13. The van der Waals surface area contributed by atoms with E-state index >= 15 is 0 Å². The Bertz CT molecular complexity index is 477. The van der Waals surface area contributed by atoms with Gasteiger partial charge in [-0.1, -0.05) is 21.1 Å². The number of hydrogen-bond donors (Lipinski definition) is 3. The zero-order valence-electron chi connectivity index (χ0n) is 10.0. The van der Waals surface area contributed by atoms with Gasteiger partial charge in [0.2, 0.25) is 0 Å². The zero-order chi connectivity index (χ0) is 14.6. The molecule has 0 aliphatic rings. The van der Waals surface area contributed by atoms with E-state index in [1.807, 2.05) is 0 Å². The number of aryl methyl sites for hydroxylation is 1. The second-order valence-corrected chi connectivity index (χ2v) is 4.87.